The first-order chi connectivity index (χ1) is 9.85. The fourth-order valence-electron chi connectivity index (χ4n) is 3.02. The lowest BCUT2D eigenvalue weighted by atomic mass is 9.93. The Kier molecular flexibility index (Phi) is 6.55. The third-order valence-corrected chi connectivity index (χ3v) is 4.05. The second-order valence-electron chi connectivity index (χ2n) is 5.83. The molecule has 0 spiro atoms. The molecule has 1 aliphatic rings. The molecule has 1 saturated heterocycles. The summed E-state index contributed by atoms with van der Waals surface area (Å²) in [6.45, 7) is 6.44. The number of nitrogens with one attached hydrogen (secondary N) is 1. The Morgan fingerprint density at radius 3 is 2.85 bits per heavy atom. The Labute approximate surface area is 123 Å². The van der Waals surface area contributed by atoms with Gasteiger partial charge in [-0.1, -0.05) is 44.5 Å². The number of benzene rings is 1. The number of ether oxygens (including phenoxy) is 1. The maximum absolute atomic E-state index is 6.03. The van der Waals surface area contributed by atoms with Crippen molar-refractivity contribution >= 4 is 0 Å². The molecule has 1 fully saturated rings. The number of hydrogen-bond donors (Lipinski definition) is 1. The summed E-state index contributed by atoms with van der Waals surface area (Å²) in [5.41, 5.74) is 2.85. The van der Waals surface area contributed by atoms with Gasteiger partial charge < -0.3 is 10.1 Å². The predicted molar refractivity (Wildman–Crippen MR) is 85.1 cm³/mol. The largest absolute Gasteiger partial charge is 0.376 e. The average Bonchev–Trinajstić information content (AvgIpc) is 2.50. The van der Waals surface area contributed by atoms with E-state index in [1.165, 1.54) is 43.2 Å². The highest BCUT2D eigenvalue weighted by Crippen LogP contribution is 2.27. The monoisotopic (exact) mass is 275 g/mol. The van der Waals surface area contributed by atoms with Crippen LogP contribution in [-0.4, -0.2) is 19.3 Å². The smallest absolute Gasteiger partial charge is 0.0769 e. The van der Waals surface area contributed by atoms with Crippen LogP contribution in [0.4, 0.5) is 0 Å². The molecule has 0 radical (unpaired) electrons. The minimum Gasteiger partial charge on any atom is -0.376 e. The highest BCUT2D eigenvalue weighted by molar-refractivity contribution is 5.27. The van der Waals surface area contributed by atoms with Gasteiger partial charge >= 0.3 is 0 Å². The first-order valence-corrected chi connectivity index (χ1v) is 8.29. The summed E-state index contributed by atoms with van der Waals surface area (Å²) in [5, 5.41) is 3.70. The molecule has 0 amide bonds. The molecule has 0 aromatic heterocycles. The van der Waals surface area contributed by atoms with Crippen molar-refractivity contribution in [2.45, 2.75) is 64.5 Å². The molecular weight excluding hydrogens is 246 g/mol. The van der Waals surface area contributed by atoms with Crippen LogP contribution in [0.2, 0.25) is 0 Å². The molecule has 2 atom stereocenters. The van der Waals surface area contributed by atoms with Gasteiger partial charge in [-0.15, -0.1) is 0 Å². The molecule has 2 nitrogen and oxygen atoms in total. The fraction of sp³-hybridized carbons (Fsp3) is 0.667. The maximum atomic E-state index is 6.03. The molecule has 20 heavy (non-hydrogen) atoms. The van der Waals surface area contributed by atoms with Crippen molar-refractivity contribution < 1.29 is 4.74 Å². The molecule has 1 N–H and O–H groups in total. The Balaban J connectivity index is 2.13. The van der Waals surface area contributed by atoms with Crippen LogP contribution in [0.1, 0.15) is 63.1 Å². The predicted octanol–water partition coefficient (Wildman–Crippen LogP) is 4.25. The number of aryl methyl sites for hydroxylation is 1. The summed E-state index contributed by atoms with van der Waals surface area (Å²) in [6, 6.07) is 9.42. The van der Waals surface area contributed by atoms with E-state index in [1.807, 2.05) is 0 Å². The Hall–Kier alpha value is -0.860. The molecule has 2 heteroatoms. The van der Waals surface area contributed by atoms with E-state index in [9.17, 15) is 0 Å². The molecule has 1 aromatic rings. The molecule has 1 aromatic carbocycles. The van der Waals surface area contributed by atoms with E-state index < -0.39 is 0 Å². The van der Waals surface area contributed by atoms with Crippen LogP contribution in [0.15, 0.2) is 24.3 Å². The zero-order valence-electron chi connectivity index (χ0n) is 13.0. The third kappa shape index (κ3) is 4.32. The van der Waals surface area contributed by atoms with Crippen molar-refractivity contribution in [2.24, 2.45) is 0 Å². The van der Waals surface area contributed by atoms with E-state index in [2.05, 4.69) is 43.4 Å². The zero-order valence-corrected chi connectivity index (χ0v) is 13.0. The van der Waals surface area contributed by atoms with Crippen LogP contribution >= 0.6 is 0 Å². The van der Waals surface area contributed by atoms with Crippen molar-refractivity contribution in [3.05, 3.63) is 35.4 Å². The molecule has 1 heterocycles. The summed E-state index contributed by atoms with van der Waals surface area (Å²) in [6.07, 6.45) is 7.57. The van der Waals surface area contributed by atoms with E-state index in [1.54, 1.807) is 0 Å². The van der Waals surface area contributed by atoms with Crippen LogP contribution in [-0.2, 0) is 11.2 Å². The lowest BCUT2D eigenvalue weighted by molar-refractivity contribution is -0.00816. The van der Waals surface area contributed by atoms with Gasteiger partial charge in [0.1, 0.15) is 0 Å². The van der Waals surface area contributed by atoms with Crippen molar-refractivity contribution in [3.8, 4) is 0 Å². The van der Waals surface area contributed by atoms with Gasteiger partial charge in [-0.3, -0.25) is 0 Å². The zero-order chi connectivity index (χ0) is 14.2. The number of rotatable bonds is 7. The fourth-order valence-corrected chi connectivity index (χ4v) is 3.02. The SMILES string of the molecule is CCCNC(c1cccc(CCC)c1)C1CCCCO1. The lowest BCUT2D eigenvalue weighted by Gasteiger charge is -2.32. The molecule has 2 unspecified atom stereocenters. The van der Waals surface area contributed by atoms with Gasteiger partial charge in [0, 0.05) is 6.61 Å². The standard InChI is InChI=1S/C18H29NO/c1-3-8-15-9-7-10-16(14-15)18(19-12-4-2)17-11-5-6-13-20-17/h7,9-10,14,17-19H,3-6,8,11-13H2,1-2H3. The number of hydrogen-bond acceptors (Lipinski definition) is 2. The van der Waals surface area contributed by atoms with Crippen LogP contribution in [0.3, 0.4) is 0 Å². The molecule has 0 bridgehead atoms. The van der Waals surface area contributed by atoms with Crippen molar-refractivity contribution in [1.82, 2.24) is 5.32 Å². The molecular formula is C18H29NO. The van der Waals surface area contributed by atoms with Gasteiger partial charge in [0.25, 0.3) is 0 Å². The van der Waals surface area contributed by atoms with Gasteiger partial charge in [-0.05, 0) is 49.8 Å². The highest BCUT2D eigenvalue weighted by Gasteiger charge is 2.25. The van der Waals surface area contributed by atoms with Gasteiger partial charge in [0.2, 0.25) is 0 Å². The van der Waals surface area contributed by atoms with Gasteiger partial charge in [0.15, 0.2) is 0 Å². The summed E-state index contributed by atoms with van der Waals surface area (Å²) in [7, 11) is 0. The van der Waals surface area contributed by atoms with E-state index in [0.29, 0.717) is 12.1 Å². The van der Waals surface area contributed by atoms with E-state index in [4.69, 9.17) is 4.74 Å². The first-order valence-electron chi connectivity index (χ1n) is 8.29. The van der Waals surface area contributed by atoms with E-state index in [0.717, 1.165) is 19.6 Å². The van der Waals surface area contributed by atoms with Gasteiger partial charge in [-0.25, -0.2) is 0 Å². The van der Waals surface area contributed by atoms with E-state index >= 15 is 0 Å². The van der Waals surface area contributed by atoms with Crippen molar-refractivity contribution in [3.63, 3.8) is 0 Å². The Bertz CT molecular complexity index is 385. The minimum atomic E-state index is 0.340. The molecule has 2 rings (SSSR count). The third-order valence-electron chi connectivity index (χ3n) is 4.05. The summed E-state index contributed by atoms with van der Waals surface area (Å²) in [4.78, 5) is 0. The van der Waals surface area contributed by atoms with Crippen LogP contribution in [0, 0.1) is 0 Å². The summed E-state index contributed by atoms with van der Waals surface area (Å²) < 4.78 is 6.03. The van der Waals surface area contributed by atoms with Crippen molar-refractivity contribution in [2.75, 3.05) is 13.2 Å². The highest BCUT2D eigenvalue weighted by atomic mass is 16.5. The molecule has 0 aliphatic carbocycles. The average molecular weight is 275 g/mol. The summed E-state index contributed by atoms with van der Waals surface area (Å²) in [5.74, 6) is 0. The Morgan fingerprint density at radius 1 is 1.25 bits per heavy atom. The minimum absolute atomic E-state index is 0.340. The maximum Gasteiger partial charge on any atom is 0.0769 e. The quantitative estimate of drug-likeness (QED) is 0.803. The topological polar surface area (TPSA) is 21.3 Å². The van der Waals surface area contributed by atoms with Crippen LogP contribution in [0.5, 0.6) is 0 Å². The van der Waals surface area contributed by atoms with Crippen LogP contribution in [0.25, 0.3) is 0 Å². The summed E-state index contributed by atoms with van der Waals surface area (Å²) >= 11 is 0. The second kappa shape index (κ2) is 8.43. The second-order valence-corrected chi connectivity index (χ2v) is 5.83. The Morgan fingerprint density at radius 2 is 2.15 bits per heavy atom. The van der Waals surface area contributed by atoms with Crippen molar-refractivity contribution in [1.29, 1.82) is 0 Å². The van der Waals surface area contributed by atoms with Gasteiger partial charge in [0.05, 0.1) is 12.1 Å². The first kappa shape index (κ1) is 15.5. The lowest BCUT2D eigenvalue weighted by Crippen LogP contribution is -2.36. The molecule has 112 valence electrons. The van der Waals surface area contributed by atoms with Crippen LogP contribution < -0.4 is 5.32 Å². The van der Waals surface area contributed by atoms with E-state index in [-0.39, 0.29) is 0 Å². The normalized spacial score (nSPS) is 20.8. The van der Waals surface area contributed by atoms with Gasteiger partial charge in [-0.2, -0.15) is 0 Å². The molecule has 0 saturated carbocycles. The molecule has 1 aliphatic heterocycles.